The van der Waals surface area contributed by atoms with E-state index in [2.05, 4.69) is 18.8 Å². The van der Waals surface area contributed by atoms with Gasteiger partial charge in [-0.2, -0.15) is 4.89 Å². The molecule has 1 aromatic rings. The van der Waals surface area contributed by atoms with Crippen LogP contribution in [0.3, 0.4) is 0 Å². The van der Waals surface area contributed by atoms with Crippen LogP contribution in [0.15, 0.2) is 35.3 Å². The Hall–Kier alpha value is -1.05. The molecule has 0 heterocycles. The van der Waals surface area contributed by atoms with E-state index in [0.29, 0.717) is 0 Å². The van der Waals surface area contributed by atoms with Crippen LogP contribution in [0.2, 0.25) is 0 Å². The van der Waals surface area contributed by atoms with Gasteiger partial charge in [0.25, 0.3) is 6.29 Å². The minimum absolute atomic E-state index is 0.0236. The minimum Gasteiger partial charge on any atom is -0.241 e. The molecule has 3 nitrogen and oxygen atoms in total. The third kappa shape index (κ3) is 9.50. The molecule has 0 spiro atoms. The summed E-state index contributed by atoms with van der Waals surface area (Å²) in [6, 6.07) is 9.45. The summed E-state index contributed by atoms with van der Waals surface area (Å²) in [4.78, 5) is 12.2. The van der Waals surface area contributed by atoms with E-state index in [9.17, 15) is 4.57 Å². The van der Waals surface area contributed by atoms with Crippen LogP contribution in [0.4, 0.5) is 0 Å². The molecule has 1 N–H and O–H groups in total. The smallest absolute Gasteiger partial charge is 0.241 e. The highest BCUT2D eigenvalue weighted by Crippen LogP contribution is 2.11. The summed E-state index contributed by atoms with van der Waals surface area (Å²) in [6.07, 6.45) is 4.20. The molecular formula is C12H19NO2P+. The van der Waals surface area contributed by atoms with Crippen molar-refractivity contribution < 1.29 is 9.46 Å². The van der Waals surface area contributed by atoms with Gasteiger partial charge in [0.1, 0.15) is 0 Å². The van der Waals surface area contributed by atoms with Gasteiger partial charge in [0.15, 0.2) is 0 Å². The maximum Gasteiger partial charge on any atom is 0.529 e. The van der Waals surface area contributed by atoms with E-state index in [-0.39, 0.29) is 6.29 Å². The van der Waals surface area contributed by atoms with Gasteiger partial charge >= 0.3 is 8.03 Å². The van der Waals surface area contributed by atoms with Gasteiger partial charge < -0.3 is 0 Å². The summed E-state index contributed by atoms with van der Waals surface area (Å²) in [5.74, 6) is 0. The van der Waals surface area contributed by atoms with E-state index in [1.165, 1.54) is 12.8 Å². The van der Waals surface area contributed by atoms with Crippen molar-refractivity contribution in [1.82, 2.24) is 0 Å². The molecule has 1 aromatic carbocycles. The van der Waals surface area contributed by atoms with Crippen molar-refractivity contribution in [1.29, 1.82) is 0 Å². The maximum atomic E-state index is 10.2. The Balaban J connectivity index is 0.000000487. The highest BCUT2D eigenvalue weighted by atomic mass is 31.1. The van der Waals surface area contributed by atoms with Crippen molar-refractivity contribution in [2.24, 2.45) is 4.99 Å². The van der Waals surface area contributed by atoms with E-state index in [4.69, 9.17) is 4.89 Å². The quantitative estimate of drug-likeness (QED) is 0.645. The lowest BCUT2D eigenvalue weighted by molar-refractivity contribution is 0.504. The predicted octanol–water partition coefficient (Wildman–Crippen LogP) is 3.60. The summed E-state index contributed by atoms with van der Waals surface area (Å²) < 4.78 is 10.2. The Morgan fingerprint density at radius 3 is 2.25 bits per heavy atom. The van der Waals surface area contributed by atoms with Crippen molar-refractivity contribution in [3.05, 3.63) is 35.9 Å². The maximum absolute atomic E-state index is 10.2. The molecule has 1 atom stereocenters. The minimum atomic E-state index is -2.14. The number of unbranched alkanes of at least 4 members (excludes halogenated alkanes) is 1. The third-order valence-corrected chi connectivity index (χ3v) is 2.15. The molecule has 88 valence electrons. The second-order valence-electron chi connectivity index (χ2n) is 3.22. The lowest BCUT2D eigenvalue weighted by atomic mass is 10.2. The molecule has 16 heavy (non-hydrogen) atoms. The highest BCUT2D eigenvalue weighted by Gasteiger charge is 2.04. The van der Waals surface area contributed by atoms with Crippen LogP contribution < -0.4 is 0 Å². The van der Waals surface area contributed by atoms with Crippen molar-refractivity contribution in [3.63, 3.8) is 0 Å². The predicted molar refractivity (Wildman–Crippen MR) is 69.3 cm³/mol. The van der Waals surface area contributed by atoms with Gasteiger partial charge in [0.2, 0.25) is 0 Å². The molecule has 0 fully saturated rings. The van der Waals surface area contributed by atoms with Crippen LogP contribution in [0.1, 0.15) is 32.3 Å². The van der Waals surface area contributed by atoms with Crippen LogP contribution >= 0.6 is 8.03 Å². The lowest BCUT2D eigenvalue weighted by Gasteiger charge is -1.86. The number of nitrogens with zero attached hydrogens (tertiary/aromatic N) is 1. The Morgan fingerprint density at radius 1 is 1.25 bits per heavy atom. The van der Waals surface area contributed by atoms with Crippen LogP contribution in [-0.4, -0.2) is 17.4 Å². The number of benzene rings is 1. The first-order chi connectivity index (χ1) is 7.70. The van der Waals surface area contributed by atoms with Crippen molar-refractivity contribution >= 4 is 14.2 Å². The Kier molecular flexibility index (Phi) is 9.78. The fourth-order valence-corrected chi connectivity index (χ4v) is 0.977. The SMILES string of the molecule is CCCC.O=[P+](O)CN=Cc1ccccc1. The average molecular weight is 240 g/mol. The van der Waals surface area contributed by atoms with Gasteiger partial charge in [-0.1, -0.05) is 57.0 Å². The number of rotatable bonds is 4. The Bertz CT molecular complexity index is 310. The zero-order valence-corrected chi connectivity index (χ0v) is 10.7. The fraction of sp³-hybridized carbons (Fsp3) is 0.417. The van der Waals surface area contributed by atoms with Crippen molar-refractivity contribution in [2.45, 2.75) is 26.7 Å². The molecule has 0 aliphatic carbocycles. The molecule has 0 aliphatic heterocycles. The van der Waals surface area contributed by atoms with Crippen molar-refractivity contribution in [2.75, 3.05) is 6.29 Å². The zero-order chi connectivity index (χ0) is 12.2. The molecule has 0 radical (unpaired) electrons. The first-order valence-electron chi connectivity index (χ1n) is 5.39. The molecule has 0 saturated carbocycles. The highest BCUT2D eigenvalue weighted by molar-refractivity contribution is 7.37. The summed E-state index contributed by atoms with van der Waals surface area (Å²) >= 11 is 0. The van der Waals surface area contributed by atoms with Gasteiger partial charge in [-0.05, 0) is 10.1 Å². The van der Waals surface area contributed by atoms with Crippen LogP contribution in [0.5, 0.6) is 0 Å². The fourth-order valence-electron chi connectivity index (χ4n) is 0.755. The Labute approximate surface area is 98.1 Å². The topological polar surface area (TPSA) is 49.7 Å². The summed E-state index contributed by atoms with van der Waals surface area (Å²) in [6.45, 7) is 4.36. The van der Waals surface area contributed by atoms with Gasteiger partial charge in [0.05, 0.1) is 0 Å². The molecule has 0 amide bonds. The summed E-state index contributed by atoms with van der Waals surface area (Å²) in [5, 5.41) is 0. The largest absolute Gasteiger partial charge is 0.529 e. The molecule has 0 aromatic heterocycles. The van der Waals surface area contributed by atoms with E-state index in [0.717, 1.165) is 5.56 Å². The van der Waals surface area contributed by atoms with Crippen LogP contribution in [0.25, 0.3) is 0 Å². The van der Waals surface area contributed by atoms with Crippen LogP contribution in [-0.2, 0) is 4.57 Å². The second kappa shape index (κ2) is 10.5. The van der Waals surface area contributed by atoms with Gasteiger partial charge in [-0.15, -0.1) is 0 Å². The normalized spacial score (nSPS) is 10.8. The average Bonchev–Trinajstić information content (AvgIpc) is 2.30. The second-order valence-corrected chi connectivity index (χ2v) is 4.20. The number of hydrogen-bond acceptors (Lipinski definition) is 2. The van der Waals surface area contributed by atoms with Gasteiger partial charge in [0, 0.05) is 6.21 Å². The van der Waals surface area contributed by atoms with E-state index in [1.807, 2.05) is 30.3 Å². The first kappa shape index (κ1) is 14.9. The summed E-state index contributed by atoms with van der Waals surface area (Å²) in [7, 11) is -2.14. The summed E-state index contributed by atoms with van der Waals surface area (Å²) in [5.41, 5.74) is 0.939. The number of aliphatic imine (C=N–C) groups is 1. The van der Waals surface area contributed by atoms with Gasteiger partial charge in [-0.25, -0.2) is 4.99 Å². The molecular weight excluding hydrogens is 221 g/mol. The number of hydrogen-bond donors (Lipinski definition) is 1. The molecule has 1 rings (SSSR count). The molecule has 0 aliphatic rings. The van der Waals surface area contributed by atoms with E-state index in [1.54, 1.807) is 6.21 Å². The molecule has 0 saturated heterocycles. The first-order valence-corrected chi connectivity index (χ1v) is 6.78. The lowest BCUT2D eigenvalue weighted by Crippen LogP contribution is -1.79. The molecule has 1 unspecified atom stereocenters. The standard InChI is InChI=1S/C8H8NO2P.C4H10/c10-12(11)7-9-6-8-4-2-1-3-5-8;1-3-4-2/h1-6H,7H2;3-4H2,1-2H3/p+1. The van der Waals surface area contributed by atoms with Gasteiger partial charge in [-0.3, -0.25) is 0 Å². The van der Waals surface area contributed by atoms with E-state index < -0.39 is 8.03 Å². The zero-order valence-electron chi connectivity index (χ0n) is 9.84. The molecule has 0 bridgehead atoms. The monoisotopic (exact) mass is 240 g/mol. The molecule has 4 heteroatoms. The van der Waals surface area contributed by atoms with Crippen LogP contribution in [0, 0.1) is 0 Å². The van der Waals surface area contributed by atoms with Crippen molar-refractivity contribution in [3.8, 4) is 0 Å². The third-order valence-electron chi connectivity index (χ3n) is 1.74. The Morgan fingerprint density at radius 2 is 1.81 bits per heavy atom. The van der Waals surface area contributed by atoms with E-state index >= 15 is 0 Å².